The van der Waals surface area contributed by atoms with Crippen LogP contribution in [0.2, 0.25) is 0 Å². The maximum Gasteiger partial charge on any atom is 0.245 e. The van der Waals surface area contributed by atoms with Gasteiger partial charge in [0, 0.05) is 25.7 Å². The van der Waals surface area contributed by atoms with Crippen molar-refractivity contribution >= 4 is 27.3 Å². The molecule has 1 aliphatic heterocycles. The highest BCUT2D eigenvalue weighted by atomic mass is 35.5. The molecule has 1 aromatic rings. The molecule has 0 aliphatic carbocycles. The highest BCUT2D eigenvalue weighted by Gasteiger charge is 2.35. The van der Waals surface area contributed by atoms with Crippen LogP contribution in [-0.4, -0.2) is 47.7 Å². The molecular formula is C11H16ClN3O3S. The van der Waals surface area contributed by atoms with E-state index in [9.17, 15) is 8.42 Å². The van der Waals surface area contributed by atoms with E-state index in [2.05, 4.69) is 5.16 Å². The SMILES string of the molecule is CN1C/C(=N/O)c2c(ccn2CCCCCl)S1(=O)=O. The number of likely N-dealkylation sites (N-methyl/N-ethyl adjacent to an activating group) is 1. The van der Waals surface area contributed by atoms with Crippen LogP contribution < -0.4 is 0 Å². The Kier molecular flexibility index (Phi) is 4.17. The molecule has 1 aliphatic rings. The Bertz CT molecular complexity index is 594. The molecule has 0 bridgehead atoms. The number of unbranched alkanes of at least 4 members (excludes halogenated alkanes) is 1. The van der Waals surface area contributed by atoms with Gasteiger partial charge in [-0.1, -0.05) is 5.16 Å². The second-order valence-corrected chi connectivity index (χ2v) is 6.82. The minimum atomic E-state index is -3.48. The van der Waals surface area contributed by atoms with Crippen molar-refractivity contribution in [3.63, 3.8) is 0 Å². The molecule has 2 heterocycles. The van der Waals surface area contributed by atoms with E-state index >= 15 is 0 Å². The Hall–Kier alpha value is -1.05. The number of hydrogen-bond acceptors (Lipinski definition) is 4. The normalized spacial score (nSPS) is 20.6. The van der Waals surface area contributed by atoms with E-state index in [0.29, 0.717) is 23.8 Å². The molecule has 0 aromatic carbocycles. The lowest BCUT2D eigenvalue weighted by atomic mass is 10.2. The number of rotatable bonds is 4. The first-order chi connectivity index (χ1) is 9.02. The van der Waals surface area contributed by atoms with Crippen LogP contribution >= 0.6 is 11.6 Å². The van der Waals surface area contributed by atoms with Crippen molar-refractivity contribution in [2.75, 3.05) is 19.5 Å². The molecule has 1 N–H and O–H groups in total. The highest BCUT2D eigenvalue weighted by molar-refractivity contribution is 7.89. The van der Waals surface area contributed by atoms with Gasteiger partial charge in [0.25, 0.3) is 0 Å². The summed E-state index contributed by atoms with van der Waals surface area (Å²) in [5, 5.41) is 12.3. The average molecular weight is 306 g/mol. The van der Waals surface area contributed by atoms with Crippen molar-refractivity contribution in [1.82, 2.24) is 8.87 Å². The first kappa shape index (κ1) is 14.4. The number of nitrogens with zero attached hydrogens (tertiary/aromatic N) is 3. The summed E-state index contributed by atoms with van der Waals surface area (Å²) in [4.78, 5) is 0.194. The van der Waals surface area contributed by atoms with Crippen molar-refractivity contribution in [1.29, 1.82) is 0 Å². The standard InChI is InChI=1S/C11H16ClN3O3S/c1-14-8-9(13-16)11-10(19(14,17)18)4-7-15(11)6-3-2-5-12/h4,7,16H,2-3,5-6,8H2,1H3/b13-9-. The van der Waals surface area contributed by atoms with Gasteiger partial charge in [0.2, 0.25) is 10.0 Å². The van der Waals surface area contributed by atoms with Crippen LogP contribution in [0.1, 0.15) is 18.5 Å². The number of sulfonamides is 1. The second kappa shape index (κ2) is 5.52. The second-order valence-electron chi connectivity index (χ2n) is 4.43. The molecule has 1 aromatic heterocycles. The van der Waals surface area contributed by atoms with Crippen LogP contribution in [0, 0.1) is 0 Å². The zero-order valence-corrected chi connectivity index (χ0v) is 12.2. The Morgan fingerprint density at radius 2 is 2.21 bits per heavy atom. The molecule has 0 saturated heterocycles. The van der Waals surface area contributed by atoms with Crippen molar-refractivity contribution in [2.45, 2.75) is 24.3 Å². The van der Waals surface area contributed by atoms with Crippen molar-refractivity contribution in [3.8, 4) is 0 Å². The first-order valence-electron chi connectivity index (χ1n) is 5.95. The van der Waals surface area contributed by atoms with Gasteiger partial charge in [-0.25, -0.2) is 8.42 Å². The van der Waals surface area contributed by atoms with Gasteiger partial charge < -0.3 is 9.77 Å². The summed E-state index contributed by atoms with van der Waals surface area (Å²) in [5.74, 6) is 0.575. The number of aromatic nitrogens is 1. The Balaban J connectivity index is 2.43. The Labute approximate surface area is 117 Å². The van der Waals surface area contributed by atoms with E-state index in [1.165, 1.54) is 11.4 Å². The van der Waals surface area contributed by atoms with Gasteiger partial charge >= 0.3 is 0 Å². The minimum Gasteiger partial charge on any atom is -0.411 e. The van der Waals surface area contributed by atoms with Crippen LogP contribution in [-0.2, 0) is 16.6 Å². The maximum absolute atomic E-state index is 12.2. The van der Waals surface area contributed by atoms with Crippen molar-refractivity contribution in [3.05, 3.63) is 18.0 Å². The van der Waals surface area contributed by atoms with E-state index in [4.69, 9.17) is 16.8 Å². The largest absolute Gasteiger partial charge is 0.411 e. The number of aryl methyl sites for hydroxylation is 1. The number of fused-ring (bicyclic) bond motifs is 1. The molecule has 106 valence electrons. The number of hydrogen-bond donors (Lipinski definition) is 1. The van der Waals surface area contributed by atoms with Gasteiger partial charge in [-0.3, -0.25) is 0 Å². The molecule has 0 atom stereocenters. The fourth-order valence-corrected chi connectivity index (χ4v) is 3.68. The summed E-state index contributed by atoms with van der Waals surface area (Å²) in [7, 11) is -2.01. The molecule has 0 spiro atoms. The molecule has 0 amide bonds. The highest BCUT2D eigenvalue weighted by Crippen LogP contribution is 2.27. The predicted octanol–water partition coefficient (Wildman–Crippen LogP) is 1.32. The number of halogens is 1. The summed E-state index contributed by atoms with van der Waals surface area (Å²) < 4.78 is 27.3. The van der Waals surface area contributed by atoms with Crippen LogP contribution in [0.5, 0.6) is 0 Å². The molecule has 6 nitrogen and oxygen atoms in total. The average Bonchev–Trinajstić information content (AvgIpc) is 2.79. The quantitative estimate of drug-likeness (QED) is 0.394. The summed E-state index contributed by atoms with van der Waals surface area (Å²) in [6, 6.07) is 1.55. The first-order valence-corrected chi connectivity index (χ1v) is 7.92. The lowest BCUT2D eigenvalue weighted by molar-refractivity contribution is 0.315. The molecular weight excluding hydrogens is 290 g/mol. The molecule has 0 fully saturated rings. The summed E-state index contributed by atoms with van der Waals surface area (Å²) >= 11 is 5.63. The third kappa shape index (κ3) is 2.50. The summed E-state index contributed by atoms with van der Waals surface area (Å²) in [6.45, 7) is 0.728. The molecule has 0 radical (unpaired) electrons. The fourth-order valence-electron chi connectivity index (χ4n) is 2.15. The van der Waals surface area contributed by atoms with Gasteiger partial charge in [0.1, 0.15) is 10.6 Å². The smallest absolute Gasteiger partial charge is 0.245 e. The van der Waals surface area contributed by atoms with Gasteiger partial charge in [-0.2, -0.15) is 4.31 Å². The zero-order chi connectivity index (χ0) is 14.0. The number of oxime groups is 1. The Morgan fingerprint density at radius 3 is 2.84 bits per heavy atom. The topological polar surface area (TPSA) is 74.9 Å². The third-order valence-electron chi connectivity index (χ3n) is 3.16. The number of alkyl halides is 1. The van der Waals surface area contributed by atoms with Crippen molar-refractivity contribution in [2.24, 2.45) is 5.16 Å². The Morgan fingerprint density at radius 1 is 1.47 bits per heavy atom. The maximum atomic E-state index is 12.2. The van der Waals surface area contributed by atoms with Crippen LogP contribution in [0.15, 0.2) is 22.3 Å². The van der Waals surface area contributed by atoms with E-state index in [1.54, 1.807) is 12.3 Å². The predicted molar refractivity (Wildman–Crippen MR) is 72.5 cm³/mol. The third-order valence-corrected chi connectivity index (χ3v) is 5.27. The van der Waals surface area contributed by atoms with Gasteiger partial charge in [0.05, 0.1) is 12.2 Å². The van der Waals surface area contributed by atoms with E-state index < -0.39 is 10.0 Å². The van der Waals surface area contributed by atoms with Crippen LogP contribution in [0.3, 0.4) is 0 Å². The lowest BCUT2D eigenvalue weighted by Gasteiger charge is -2.24. The van der Waals surface area contributed by atoms with Gasteiger partial charge in [-0.05, 0) is 18.9 Å². The van der Waals surface area contributed by atoms with Crippen LogP contribution in [0.25, 0.3) is 0 Å². The zero-order valence-electron chi connectivity index (χ0n) is 10.6. The van der Waals surface area contributed by atoms with E-state index in [1.807, 2.05) is 4.57 Å². The van der Waals surface area contributed by atoms with Gasteiger partial charge in [0.15, 0.2) is 0 Å². The molecule has 2 rings (SSSR count). The van der Waals surface area contributed by atoms with E-state index in [0.717, 1.165) is 12.8 Å². The lowest BCUT2D eigenvalue weighted by Crippen LogP contribution is -2.39. The monoisotopic (exact) mass is 305 g/mol. The van der Waals surface area contributed by atoms with Crippen molar-refractivity contribution < 1.29 is 13.6 Å². The summed E-state index contributed by atoms with van der Waals surface area (Å²) in [6.07, 6.45) is 3.41. The minimum absolute atomic E-state index is 0.0748. The van der Waals surface area contributed by atoms with Crippen LogP contribution in [0.4, 0.5) is 0 Å². The van der Waals surface area contributed by atoms with E-state index in [-0.39, 0.29) is 11.4 Å². The fraction of sp³-hybridized carbons (Fsp3) is 0.545. The molecule has 8 heteroatoms. The van der Waals surface area contributed by atoms with Gasteiger partial charge in [-0.15, -0.1) is 11.6 Å². The molecule has 19 heavy (non-hydrogen) atoms. The molecule has 0 unspecified atom stereocenters. The molecule has 0 saturated carbocycles. The summed E-state index contributed by atoms with van der Waals surface area (Å²) in [5.41, 5.74) is 0.846.